The summed E-state index contributed by atoms with van der Waals surface area (Å²) in [6.07, 6.45) is 0. The van der Waals surface area contributed by atoms with Crippen LogP contribution in [0.4, 0.5) is 5.69 Å². The summed E-state index contributed by atoms with van der Waals surface area (Å²) in [6.45, 7) is 4.54. The molecule has 0 radical (unpaired) electrons. The molecule has 3 aromatic rings. The molecule has 154 valence electrons. The molecular weight excluding hydrogens is 420 g/mol. The van der Waals surface area contributed by atoms with Crippen LogP contribution in [-0.2, 0) is 16.6 Å². The topological polar surface area (TPSA) is 101 Å². The number of amidine groups is 1. The molecule has 0 aliphatic carbocycles. The van der Waals surface area contributed by atoms with Crippen LogP contribution in [0.15, 0.2) is 63.2 Å². The fourth-order valence-electron chi connectivity index (χ4n) is 2.98. The van der Waals surface area contributed by atoms with E-state index in [0.717, 1.165) is 10.7 Å². The van der Waals surface area contributed by atoms with E-state index in [0.29, 0.717) is 29.3 Å². The molecule has 0 saturated heterocycles. The number of amides is 1. The number of carbonyl (C=O) groups excluding carboxylic acids is 1. The Balaban J connectivity index is 1.41. The van der Waals surface area contributed by atoms with Gasteiger partial charge in [0.05, 0.1) is 17.2 Å². The first kappa shape index (κ1) is 20.2. The smallest absolute Gasteiger partial charge is 0.285 e. The van der Waals surface area contributed by atoms with Crippen LogP contribution < -0.4 is 10.6 Å². The van der Waals surface area contributed by atoms with Crippen molar-refractivity contribution in [1.29, 1.82) is 0 Å². The summed E-state index contributed by atoms with van der Waals surface area (Å²) in [5.74, 6) is 0.435. The molecule has 0 saturated carbocycles. The Labute approximate surface area is 179 Å². The summed E-state index contributed by atoms with van der Waals surface area (Å²) in [5.41, 5.74) is 2.51. The summed E-state index contributed by atoms with van der Waals surface area (Å²) in [7, 11) is -3.68. The number of carbonyl (C=O) groups is 1. The molecule has 1 aromatic heterocycles. The third-order valence-corrected chi connectivity index (χ3v) is 7.06. The molecule has 0 unspecified atom stereocenters. The first-order chi connectivity index (χ1) is 14.3. The van der Waals surface area contributed by atoms with E-state index in [1.54, 1.807) is 53.8 Å². The van der Waals surface area contributed by atoms with Crippen molar-refractivity contribution in [2.75, 3.05) is 5.32 Å². The second kappa shape index (κ2) is 8.00. The number of anilines is 1. The molecule has 9 heteroatoms. The first-order valence-electron chi connectivity index (χ1n) is 9.37. The highest BCUT2D eigenvalue weighted by Gasteiger charge is 2.28. The average molecular weight is 441 g/mol. The van der Waals surface area contributed by atoms with E-state index in [2.05, 4.69) is 33.9 Å². The average Bonchev–Trinajstić information content (AvgIpc) is 3.30. The van der Waals surface area contributed by atoms with Gasteiger partial charge in [-0.05, 0) is 36.4 Å². The minimum absolute atomic E-state index is 0.186. The van der Waals surface area contributed by atoms with Crippen LogP contribution in [0.25, 0.3) is 0 Å². The van der Waals surface area contributed by atoms with Gasteiger partial charge < -0.3 is 10.6 Å². The maximum atomic E-state index is 12.4. The molecule has 2 aromatic carbocycles. The highest BCUT2D eigenvalue weighted by atomic mass is 32.2. The van der Waals surface area contributed by atoms with Crippen LogP contribution in [0.1, 0.15) is 46.4 Å². The first-order valence-corrected chi connectivity index (χ1v) is 11.7. The molecule has 0 spiro atoms. The number of sulfonamides is 1. The van der Waals surface area contributed by atoms with Crippen LogP contribution in [0.3, 0.4) is 0 Å². The fraction of sp³-hybridized carbons (Fsp3) is 0.190. The molecule has 1 aliphatic heterocycles. The van der Waals surface area contributed by atoms with Crippen LogP contribution in [0.5, 0.6) is 0 Å². The summed E-state index contributed by atoms with van der Waals surface area (Å²) in [5, 5.41) is 8.89. The number of benzene rings is 2. The molecule has 2 heterocycles. The van der Waals surface area contributed by atoms with Crippen molar-refractivity contribution in [2.24, 2.45) is 4.40 Å². The predicted octanol–water partition coefficient (Wildman–Crippen LogP) is 3.76. The van der Waals surface area contributed by atoms with Crippen LogP contribution in [0, 0.1) is 0 Å². The number of hydrogen-bond donors (Lipinski definition) is 2. The van der Waals surface area contributed by atoms with E-state index in [1.165, 1.54) is 6.07 Å². The van der Waals surface area contributed by atoms with Crippen molar-refractivity contribution in [3.8, 4) is 0 Å². The second-order valence-electron chi connectivity index (χ2n) is 7.13. The van der Waals surface area contributed by atoms with Gasteiger partial charge in [0.2, 0.25) is 0 Å². The monoisotopic (exact) mass is 440 g/mol. The molecule has 0 bridgehead atoms. The lowest BCUT2D eigenvalue weighted by Gasteiger charge is -2.08. The van der Waals surface area contributed by atoms with Crippen molar-refractivity contribution in [2.45, 2.75) is 31.2 Å². The van der Waals surface area contributed by atoms with Gasteiger partial charge in [-0.2, -0.15) is 8.42 Å². The zero-order valence-corrected chi connectivity index (χ0v) is 18.0. The van der Waals surface area contributed by atoms with Gasteiger partial charge in [0.25, 0.3) is 15.9 Å². The Morgan fingerprint density at radius 2 is 1.83 bits per heavy atom. The minimum Gasteiger partial charge on any atom is -0.346 e. The molecule has 4 rings (SSSR count). The lowest BCUT2D eigenvalue weighted by atomic mass is 10.1. The van der Waals surface area contributed by atoms with Crippen molar-refractivity contribution >= 4 is 38.8 Å². The van der Waals surface area contributed by atoms with Crippen LogP contribution >= 0.6 is 11.3 Å². The Hall–Kier alpha value is -3.04. The van der Waals surface area contributed by atoms with Gasteiger partial charge >= 0.3 is 0 Å². The summed E-state index contributed by atoms with van der Waals surface area (Å²) >= 11 is 1.59. The number of thiazole rings is 1. The number of rotatable bonds is 5. The van der Waals surface area contributed by atoms with Crippen molar-refractivity contribution in [1.82, 2.24) is 10.3 Å². The fourth-order valence-corrected chi connectivity index (χ4v) is 4.99. The van der Waals surface area contributed by atoms with Gasteiger partial charge in [-0.15, -0.1) is 15.7 Å². The number of nitrogens with zero attached hydrogens (tertiary/aromatic N) is 2. The largest absolute Gasteiger partial charge is 0.346 e. The molecule has 0 fully saturated rings. The van der Waals surface area contributed by atoms with E-state index in [1.807, 2.05) is 5.38 Å². The Morgan fingerprint density at radius 1 is 1.10 bits per heavy atom. The third-order valence-electron chi connectivity index (χ3n) is 4.53. The Bertz CT molecular complexity index is 1230. The van der Waals surface area contributed by atoms with Gasteiger partial charge in [-0.1, -0.05) is 26.0 Å². The minimum atomic E-state index is -3.68. The maximum absolute atomic E-state index is 12.4. The lowest BCUT2D eigenvalue weighted by Crippen LogP contribution is -2.23. The van der Waals surface area contributed by atoms with E-state index >= 15 is 0 Å². The van der Waals surface area contributed by atoms with E-state index in [-0.39, 0.29) is 16.6 Å². The number of nitrogens with one attached hydrogen (secondary N) is 2. The zero-order chi connectivity index (χ0) is 21.3. The van der Waals surface area contributed by atoms with Gasteiger partial charge in [-0.3, -0.25) is 4.79 Å². The molecule has 2 N–H and O–H groups in total. The molecule has 1 amide bonds. The van der Waals surface area contributed by atoms with E-state index in [9.17, 15) is 13.2 Å². The van der Waals surface area contributed by atoms with Crippen LogP contribution in [-0.4, -0.2) is 25.1 Å². The highest BCUT2D eigenvalue weighted by molar-refractivity contribution is 7.90. The number of hydrogen-bond acceptors (Lipinski definition) is 6. The van der Waals surface area contributed by atoms with Crippen molar-refractivity contribution in [3.05, 3.63) is 75.7 Å². The highest BCUT2D eigenvalue weighted by Crippen LogP contribution is 2.26. The summed E-state index contributed by atoms with van der Waals surface area (Å²) in [6, 6.07) is 13.4. The standard InChI is InChI=1S/C21H20N4O3S2/c1-13(2)21-24-16(12-29-21)11-22-20(26)14-7-9-15(10-8-14)23-19-17-5-3-4-6-18(17)30(27,28)25-19/h3-10,12-13H,11H2,1-2H3,(H,22,26)(H,23,25). The van der Waals surface area contributed by atoms with Gasteiger partial charge in [0, 0.05) is 28.1 Å². The SMILES string of the molecule is CC(C)c1nc(CNC(=O)c2ccc(NC3=NS(=O)(=O)c4ccccc43)cc2)cs1. The summed E-state index contributed by atoms with van der Waals surface area (Å²) in [4.78, 5) is 17.1. The normalized spacial score (nSPS) is 14.3. The van der Waals surface area contributed by atoms with Crippen molar-refractivity contribution < 1.29 is 13.2 Å². The summed E-state index contributed by atoms with van der Waals surface area (Å²) < 4.78 is 28.1. The molecular formula is C21H20N4O3S2. The van der Waals surface area contributed by atoms with Gasteiger partial charge in [0.1, 0.15) is 4.90 Å². The number of aromatic nitrogens is 1. The molecule has 1 aliphatic rings. The Kier molecular flexibility index (Phi) is 5.40. The molecule has 7 nitrogen and oxygen atoms in total. The van der Waals surface area contributed by atoms with E-state index in [4.69, 9.17) is 0 Å². The quantitative estimate of drug-likeness (QED) is 0.629. The van der Waals surface area contributed by atoms with Gasteiger partial charge in [-0.25, -0.2) is 4.98 Å². The Morgan fingerprint density at radius 3 is 2.53 bits per heavy atom. The lowest BCUT2D eigenvalue weighted by molar-refractivity contribution is 0.0950. The van der Waals surface area contributed by atoms with E-state index < -0.39 is 10.0 Å². The molecule has 30 heavy (non-hydrogen) atoms. The predicted molar refractivity (Wildman–Crippen MR) is 118 cm³/mol. The van der Waals surface area contributed by atoms with Gasteiger partial charge in [0.15, 0.2) is 5.84 Å². The molecule has 0 atom stereocenters. The number of fused-ring (bicyclic) bond motifs is 1. The van der Waals surface area contributed by atoms with Crippen LogP contribution in [0.2, 0.25) is 0 Å². The zero-order valence-electron chi connectivity index (χ0n) is 16.4. The van der Waals surface area contributed by atoms with Crippen molar-refractivity contribution in [3.63, 3.8) is 0 Å². The third kappa shape index (κ3) is 4.12. The second-order valence-corrected chi connectivity index (χ2v) is 9.59. The maximum Gasteiger partial charge on any atom is 0.285 e.